The predicted molar refractivity (Wildman–Crippen MR) is 79.4 cm³/mol. The molecule has 7 nitrogen and oxygen atoms in total. The van der Waals surface area contributed by atoms with Crippen LogP contribution in [0.15, 0.2) is 30.6 Å². The fourth-order valence-corrected chi connectivity index (χ4v) is 1.90. The number of hydrogen-bond acceptors (Lipinski definition) is 4. The maximum Gasteiger partial charge on any atom is 0.319 e. The molecule has 21 heavy (non-hydrogen) atoms. The molecule has 2 rings (SSSR count). The Labute approximate surface area is 123 Å². The lowest BCUT2D eigenvalue weighted by Gasteiger charge is -2.09. The summed E-state index contributed by atoms with van der Waals surface area (Å²) < 4.78 is 7.05. The second-order valence-electron chi connectivity index (χ2n) is 4.40. The Morgan fingerprint density at radius 1 is 1.43 bits per heavy atom. The first-order valence-electron chi connectivity index (χ1n) is 6.78. The van der Waals surface area contributed by atoms with E-state index in [2.05, 4.69) is 20.8 Å². The highest BCUT2D eigenvalue weighted by Crippen LogP contribution is 2.16. The standard InChI is InChI=1S/C14H19N5O2/c1-3-19-10-16-18-13(19)7-8-15-14(20)17-11-5-4-6-12(9-11)21-2/h4-6,9-10H,3,7-8H2,1-2H3,(H2,15,17,20). The number of nitrogens with one attached hydrogen (secondary N) is 2. The second kappa shape index (κ2) is 7.28. The molecule has 0 atom stereocenters. The summed E-state index contributed by atoms with van der Waals surface area (Å²) >= 11 is 0. The van der Waals surface area contributed by atoms with Gasteiger partial charge in [0.1, 0.15) is 17.9 Å². The first-order chi connectivity index (χ1) is 10.2. The van der Waals surface area contributed by atoms with Gasteiger partial charge in [-0.15, -0.1) is 10.2 Å². The van der Waals surface area contributed by atoms with Crippen LogP contribution in [0, 0.1) is 0 Å². The minimum atomic E-state index is -0.259. The number of hydrogen-bond donors (Lipinski definition) is 2. The normalized spacial score (nSPS) is 10.2. The Bertz CT molecular complexity index is 597. The van der Waals surface area contributed by atoms with Crippen LogP contribution >= 0.6 is 0 Å². The van der Waals surface area contributed by atoms with Crippen molar-refractivity contribution < 1.29 is 9.53 Å². The van der Waals surface area contributed by atoms with E-state index in [0.29, 0.717) is 24.4 Å². The lowest BCUT2D eigenvalue weighted by atomic mass is 10.3. The van der Waals surface area contributed by atoms with Gasteiger partial charge in [0, 0.05) is 31.3 Å². The van der Waals surface area contributed by atoms with Crippen LogP contribution in [0.4, 0.5) is 10.5 Å². The van der Waals surface area contributed by atoms with Gasteiger partial charge in [0.25, 0.3) is 0 Å². The van der Waals surface area contributed by atoms with E-state index in [4.69, 9.17) is 4.74 Å². The van der Waals surface area contributed by atoms with Gasteiger partial charge < -0.3 is 19.9 Å². The molecule has 0 unspecified atom stereocenters. The Morgan fingerprint density at radius 3 is 3.05 bits per heavy atom. The molecular formula is C14H19N5O2. The summed E-state index contributed by atoms with van der Waals surface area (Å²) in [6.45, 7) is 3.34. The zero-order valence-electron chi connectivity index (χ0n) is 12.2. The largest absolute Gasteiger partial charge is 0.497 e. The third kappa shape index (κ3) is 4.20. The van der Waals surface area contributed by atoms with Gasteiger partial charge in [-0.1, -0.05) is 6.07 Å². The van der Waals surface area contributed by atoms with Crippen molar-refractivity contribution in [1.29, 1.82) is 0 Å². The highest BCUT2D eigenvalue weighted by atomic mass is 16.5. The van der Waals surface area contributed by atoms with Crippen molar-refractivity contribution in [1.82, 2.24) is 20.1 Å². The number of nitrogens with zero attached hydrogens (tertiary/aromatic N) is 3. The van der Waals surface area contributed by atoms with Crippen LogP contribution in [0.2, 0.25) is 0 Å². The van der Waals surface area contributed by atoms with Crippen LogP contribution < -0.4 is 15.4 Å². The van der Waals surface area contributed by atoms with Crippen LogP contribution in [0.5, 0.6) is 5.75 Å². The first-order valence-corrected chi connectivity index (χ1v) is 6.78. The van der Waals surface area contributed by atoms with E-state index in [9.17, 15) is 4.79 Å². The molecule has 0 fully saturated rings. The molecule has 1 heterocycles. The Hall–Kier alpha value is -2.57. The molecule has 0 aliphatic carbocycles. The fourth-order valence-electron chi connectivity index (χ4n) is 1.90. The van der Waals surface area contributed by atoms with Gasteiger partial charge in [0.15, 0.2) is 0 Å². The van der Waals surface area contributed by atoms with E-state index in [1.165, 1.54) is 0 Å². The van der Waals surface area contributed by atoms with Crippen molar-refractivity contribution in [3.63, 3.8) is 0 Å². The van der Waals surface area contributed by atoms with E-state index in [0.717, 1.165) is 12.4 Å². The average Bonchev–Trinajstić information content (AvgIpc) is 2.95. The van der Waals surface area contributed by atoms with E-state index in [1.54, 1.807) is 25.6 Å². The molecule has 0 aliphatic heterocycles. The van der Waals surface area contributed by atoms with E-state index < -0.39 is 0 Å². The topological polar surface area (TPSA) is 81.1 Å². The minimum Gasteiger partial charge on any atom is -0.497 e. The SMILES string of the molecule is CCn1cnnc1CCNC(=O)Nc1cccc(OC)c1. The number of rotatable bonds is 6. The lowest BCUT2D eigenvalue weighted by molar-refractivity contribution is 0.252. The van der Waals surface area contributed by atoms with Crippen LogP contribution in [-0.2, 0) is 13.0 Å². The molecule has 0 bridgehead atoms. The van der Waals surface area contributed by atoms with Crippen LogP contribution in [0.1, 0.15) is 12.7 Å². The molecule has 0 spiro atoms. The van der Waals surface area contributed by atoms with Crippen molar-refractivity contribution in [3.05, 3.63) is 36.4 Å². The fraction of sp³-hybridized carbons (Fsp3) is 0.357. The molecule has 0 radical (unpaired) electrons. The average molecular weight is 289 g/mol. The summed E-state index contributed by atoms with van der Waals surface area (Å²) in [7, 11) is 1.59. The minimum absolute atomic E-state index is 0.259. The molecule has 2 N–H and O–H groups in total. The van der Waals surface area contributed by atoms with Crippen molar-refractivity contribution in [2.75, 3.05) is 19.0 Å². The first kappa shape index (κ1) is 14.8. The van der Waals surface area contributed by atoms with Crippen LogP contribution in [-0.4, -0.2) is 34.5 Å². The summed E-state index contributed by atoms with van der Waals surface area (Å²) in [5.41, 5.74) is 0.684. The molecule has 112 valence electrons. The second-order valence-corrected chi connectivity index (χ2v) is 4.40. The molecule has 0 saturated carbocycles. The van der Waals surface area contributed by atoms with Gasteiger partial charge in [-0.3, -0.25) is 0 Å². The third-order valence-corrected chi connectivity index (χ3v) is 3.00. The molecule has 0 aliphatic rings. The molecule has 1 aromatic heterocycles. The number of amides is 2. The van der Waals surface area contributed by atoms with Crippen LogP contribution in [0.3, 0.4) is 0 Å². The molecule has 7 heteroatoms. The number of carbonyl (C=O) groups excluding carboxylic acids is 1. The quantitative estimate of drug-likeness (QED) is 0.847. The number of benzene rings is 1. The zero-order chi connectivity index (χ0) is 15.1. The number of methoxy groups -OCH3 is 1. The van der Waals surface area contributed by atoms with Crippen LogP contribution in [0.25, 0.3) is 0 Å². The smallest absolute Gasteiger partial charge is 0.319 e. The Kier molecular flexibility index (Phi) is 5.14. The summed E-state index contributed by atoms with van der Waals surface area (Å²) in [6, 6.07) is 6.94. The highest BCUT2D eigenvalue weighted by Gasteiger charge is 2.05. The molecule has 2 amide bonds. The number of aryl methyl sites for hydroxylation is 1. The maximum absolute atomic E-state index is 11.8. The predicted octanol–water partition coefficient (Wildman–Crippen LogP) is 1.67. The molecule has 0 saturated heterocycles. The highest BCUT2D eigenvalue weighted by molar-refractivity contribution is 5.89. The van der Waals surface area contributed by atoms with E-state index in [1.807, 2.05) is 23.6 Å². The van der Waals surface area contributed by atoms with Crippen molar-refractivity contribution in [2.24, 2.45) is 0 Å². The van der Waals surface area contributed by atoms with Crippen molar-refractivity contribution >= 4 is 11.7 Å². The number of anilines is 1. The van der Waals surface area contributed by atoms with Gasteiger partial charge in [0.2, 0.25) is 0 Å². The Balaban J connectivity index is 1.79. The number of ether oxygens (including phenoxy) is 1. The summed E-state index contributed by atoms with van der Waals surface area (Å²) in [5, 5.41) is 13.4. The van der Waals surface area contributed by atoms with E-state index >= 15 is 0 Å². The summed E-state index contributed by atoms with van der Waals surface area (Å²) in [6.07, 6.45) is 2.32. The molecule has 1 aromatic carbocycles. The molecule has 2 aromatic rings. The van der Waals surface area contributed by atoms with Gasteiger partial charge in [-0.25, -0.2) is 4.79 Å². The summed E-state index contributed by atoms with van der Waals surface area (Å²) in [4.78, 5) is 11.8. The van der Waals surface area contributed by atoms with Gasteiger partial charge in [-0.05, 0) is 19.1 Å². The lowest BCUT2D eigenvalue weighted by Crippen LogP contribution is -2.30. The van der Waals surface area contributed by atoms with Crippen molar-refractivity contribution in [2.45, 2.75) is 19.9 Å². The number of carbonyl (C=O) groups is 1. The van der Waals surface area contributed by atoms with Crippen molar-refractivity contribution in [3.8, 4) is 5.75 Å². The zero-order valence-corrected chi connectivity index (χ0v) is 12.2. The summed E-state index contributed by atoms with van der Waals surface area (Å²) in [5.74, 6) is 1.56. The number of aromatic nitrogens is 3. The monoisotopic (exact) mass is 289 g/mol. The molecular weight excluding hydrogens is 270 g/mol. The van der Waals surface area contributed by atoms with Gasteiger partial charge >= 0.3 is 6.03 Å². The number of urea groups is 1. The van der Waals surface area contributed by atoms with E-state index in [-0.39, 0.29) is 6.03 Å². The maximum atomic E-state index is 11.8. The Morgan fingerprint density at radius 2 is 2.29 bits per heavy atom. The van der Waals surface area contributed by atoms with Gasteiger partial charge in [0.05, 0.1) is 7.11 Å². The van der Waals surface area contributed by atoms with Gasteiger partial charge in [-0.2, -0.15) is 0 Å². The third-order valence-electron chi connectivity index (χ3n) is 3.00.